The standard InChI is InChI=1S/C20H23NO2/c1-20(2,3)23-19(22)21-13-12-16-10-7-11-17(18(16)14-21)15-8-5-4-6-9-15/h4-11H,12-14H2,1-3H3. The lowest BCUT2D eigenvalue weighted by molar-refractivity contribution is 0.0224. The lowest BCUT2D eigenvalue weighted by Gasteiger charge is -2.32. The third kappa shape index (κ3) is 3.55. The number of hydrogen-bond acceptors (Lipinski definition) is 2. The number of fused-ring (bicyclic) bond motifs is 1. The van der Waals surface area contributed by atoms with Gasteiger partial charge in [-0.15, -0.1) is 0 Å². The van der Waals surface area contributed by atoms with Gasteiger partial charge in [0.1, 0.15) is 5.60 Å². The zero-order valence-electron chi connectivity index (χ0n) is 14.0. The van der Waals surface area contributed by atoms with Gasteiger partial charge in [-0.25, -0.2) is 4.79 Å². The van der Waals surface area contributed by atoms with Gasteiger partial charge in [0, 0.05) is 13.1 Å². The predicted molar refractivity (Wildman–Crippen MR) is 92.2 cm³/mol. The summed E-state index contributed by atoms with van der Waals surface area (Å²) in [6, 6.07) is 16.7. The summed E-state index contributed by atoms with van der Waals surface area (Å²) in [5.74, 6) is 0. The predicted octanol–water partition coefficient (Wildman–Crippen LogP) is 4.65. The maximum absolute atomic E-state index is 12.4. The van der Waals surface area contributed by atoms with E-state index in [1.807, 2.05) is 39.0 Å². The molecule has 0 N–H and O–H groups in total. The van der Waals surface area contributed by atoms with Crippen LogP contribution in [0.25, 0.3) is 11.1 Å². The molecule has 1 heterocycles. The number of amides is 1. The van der Waals surface area contributed by atoms with Crippen molar-refractivity contribution in [2.45, 2.75) is 39.3 Å². The molecule has 2 aromatic carbocycles. The fraction of sp³-hybridized carbons (Fsp3) is 0.350. The number of nitrogens with zero attached hydrogens (tertiary/aromatic N) is 1. The monoisotopic (exact) mass is 309 g/mol. The van der Waals surface area contributed by atoms with Crippen molar-refractivity contribution < 1.29 is 9.53 Å². The van der Waals surface area contributed by atoms with E-state index < -0.39 is 5.60 Å². The van der Waals surface area contributed by atoms with Gasteiger partial charge in [-0.2, -0.15) is 0 Å². The van der Waals surface area contributed by atoms with Crippen LogP contribution in [0.15, 0.2) is 48.5 Å². The van der Waals surface area contributed by atoms with Crippen LogP contribution < -0.4 is 0 Å². The van der Waals surface area contributed by atoms with Crippen molar-refractivity contribution in [1.82, 2.24) is 4.90 Å². The van der Waals surface area contributed by atoms with Crippen LogP contribution in [-0.4, -0.2) is 23.1 Å². The van der Waals surface area contributed by atoms with E-state index in [0.717, 1.165) is 6.42 Å². The Bertz CT molecular complexity index is 701. The quantitative estimate of drug-likeness (QED) is 0.767. The summed E-state index contributed by atoms with van der Waals surface area (Å²) < 4.78 is 5.52. The normalized spacial score (nSPS) is 14.3. The van der Waals surface area contributed by atoms with Gasteiger partial charge in [-0.05, 0) is 49.4 Å². The minimum absolute atomic E-state index is 0.231. The van der Waals surface area contributed by atoms with E-state index >= 15 is 0 Å². The molecule has 0 spiro atoms. The van der Waals surface area contributed by atoms with Crippen molar-refractivity contribution in [2.75, 3.05) is 6.54 Å². The van der Waals surface area contributed by atoms with Crippen LogP contribution in [0.1, 0.15) is 31.9 Å². The molecule has 0 bridgehead atoms. The van der Waals surface area contributed by atoms with E-state index in [4.69, 9.17) is 4.74 Å². The third-order valence-corrected chi connectivity index (χ3v) is 4.01. The SMILES string of the molecule is CC(C)(C)OC(=O)N1CCc2cccc(-c3ccccc3)c2C1. The van der Waals surface area contributed by atoms with Gasteiger partial charge in [-0.1, -0.05) is 48.5 Å². The Hall–Kier alpha value is -2.29. The lowest BCUT2D eigenvalue weighted by atomic mass is 9.91. The zero-order chi connectivity index (χ0) is 16.4. The van der Waals surface area contributed by atoms with E-state index in [-0.39, 0.29) is 6.09 Å². The minimum Gasteiger partial charge on any atom is -0.444 e. The summed E-state index contributed by atoms with van der Waals surface area (Å²) in [6.45, 7) is 7.02. The summed E-state index contributed by atoms with van der Waals surface area (Å²) in [6.07, 6.45) is 0.640. The second kappa shape index (κ2) is 6.07. The molecule has 3 nitrogen and oxygen atoms in total. The highest BCUT2D eigenvalue weighted by atomic mass is 16.6. The van der Waals surface area contributed by atoms with Crippen LogP contribution in [0, 0.1) is 0 Å². The first-order valence-corrected chi connectivity index (χ1v) is 8.08. The van der Waals surface area contributed by atoms with Crippen molar-refractivity contribution in [3.05, 3.63) is 59.7 Å². The number of carbonyl (C=O) groups excluding carboxylic acids is 1. The van der Waals surface area contributed by atoms with E-state index in [1.165, 1.54) is 22.3 Å². The maximum atomic E-state index is 12.4. The number of hydrogen-bond donors (Lipinski definition) is 0. The lowest BCUT2D eigenvalue weighted by Crippen LogP contribution is -2.40. The molecule has 0 saturated heterocycles. The second-order valence-corrected chi connectivity index (χ2v) is 6.96. The van der Waals surface area contributed by atoms with Gasteiger partial charge >= 0.3 is 6.09 Å². The Kier molecular flexibility index (Phi) is 4.12. The number of benzene rings is 2. The first-order valence-electron chi connectivity index (χ1n) is 8.08. The van der Waals surface area contributed by atoms with E-state index in [2.05, 4.69) is 30.3 Å². The van der Waals surface area contributed by atoms with E-state index in [9.17, 15) is 4.79 Å². The molecule has 0 saturated carbocycles. The van der Waals surface area contributed by atoms with Gasteiger partial charge < -0.3 is 9.64 Å². The maximum Gasteiger partial charge on any atom is 0.410 e. The highest BCUT2D eigenvalue weighted by molar-refractivity contribution is 5.72. The molecule has 1 amide bonds. The molecule has 0 fully saturated rings. The van der Waals surface area contributed by atoms with Gasteiger partial charge in [0.15, 0.2) is 0 Å². The number of ether oxygens (including phenoxy) is 1. The van der Waals surface area contributed by atoms with E-state index in [0.29, 0.717) is 13.1 Å². The Morgan fingerprint density at radius 1 is 1.04 bits per heavy atom. The van der Waals surface area contributed by atoms with Crippen LogP contribution in [0.5, 0.6) is 0 Å². The smallest absolute Gasteiger partial charge is 0.410 e. The van der Waals surface area contributed by atoms with Crippen LogP contribution >= 0.6 is 0 Å². The summed E-state index contributed by atoms with van der Waals surface area (Å²) in [4.78, 5) is 14.2. The molecular weight excluding hydrogens is 286 g/mol. The molecule has 3 heteroatoms. The topological polar surface area (TPSA) is 29.5 Å². The second-order valence-electron chi connectivity index (χ2n) is 6.96. The van der Waals surface area contributed by atoms with Crippen LogP contribution in [0.4, 0.5) is 4.79 Å². The molecule has 0 aromatic heterocycles. The molecule has 0 unspecified atom stereocenters. The molecule has 1 aliphatic rings. The molecule has 23 heavy (non-hydrogen) atoms. The average Bonchev–Trinajstić information content (AvgIpc) is 2.53. The van der Waals surface area contributed by atoms with Gasteiger partial charge in [0.2, 0.25) is 0 Å². The molecule has 2 aromatic rings. The third-order valence-electron chi connectivity index (χ3n) is 4.01. The minimum atomic E-state index is -0.462. The molecule has 0 atom stereocenters. The Balaban J connectivity index is 1.89. The first-order chi connectivity index (χ1) is 10.9. The summed E-state index contributed by atoms with van der Waals surface area (Å²) in [7, 11) is 0. The van der Waals surface area contributed by atoms with Crippen LogP contribution in [0.2, 0.25) is 0 Å². The Morgan fingerprint density at radius 3 is 2.48 bits per heavy atom. The molecule has 3 rings (SSSR count). The summed E-state index contributed by atoms with van der Waals surface area (Å²) in [5.41, 5.74) is 4.49. The molecule has 0 aliphatic carbocycles. The average molecular weight is 309 g/mol. The van der Waals surface area contributed by atoms with Gasteiger partial charge in [-0.3, -0.25) is 0 Å². The van der Waals surface area contributed by atoms with Gasteiger partial charge in [0.05, 0.1) is 0 Å². The zero-order valence-corrected chi connectivity index (χ0v) is 14.0. The largest absolute Gasteiger partial charge is 0.444 e. The first kappa shape index (κ1) is 15.6. The van der Waals surface area contributed by atoms with Gasteiger partial charge in [0.25, 0.3) is 0 Å². The molecule has 0 radical (unpaired) electrons. The fourth-order valence-electron chi connectivity index (χ4n) is 2.95. The van der Waals surface area contributed by atoms with Crippen molar-refractivity contribution in [3.63, 3.8) is 0 Å². The van der Waals surface area contributed by atoms with Crippen molar-refractivity contribution in [1.29, 1.82) is 0 Å². The Labute approximate surface area is 137 Å². The summed E-state index contributed by atoms with van der Waals surface area (Å²) in [5, 5.41) is 0. The highest BCUT2D eigenvalue weighted by Crippen LogP contribution is 2.30. The number of rotatable bonds is 1. The van der Waals surface area contributed by atoms with Crippen LogP contribution in [0.3, 0.4) is 0 Å². The highest BCUT2D eigenvalue weighted by Gasteiger charge is 2.26. The van der Waals surface area contributed by atoms with Crippen molar-refractivity contribution >= 4 is 6.09 Å². The Morgan fingerprint density at radius 2 is 1.78 bits per heavy atom. The molecule has 1 aliphatic heterocycles. The van der Waals surface area contributed by atoms with E-state index in [1.54, 1.807) is 4.90 Å². The van der Waals surface area contributed by atoms with Crippen molar-refractivity contribution in [2.24, 2.45) is 0 Å². The fourth-order valence-corrected chi connectivity index (χ4v) is 2.95. The van der Waals surface area contributed by atoms with Crippen molar-refractivity contribution in [3.8, 4) is 11.1 Å². The number of carbonyl (C=O) groups is 1. The molecular formula is C20H23NO2. The molecule has 120 valence electrons. The van der Waals surface area contributed by atoms with Crippen LogP contribution in [-0.2, 0) is 17.7 Å². The summed E-state index contributed by atoms with van der Waals surface area (Å²) >= 11 is 0.